The van der Waals surface area contributed by atoms with Crippen molar-refractivity contribution in [3.05, 3.63) is 58.3 Å². The Morgan fingerprint density at radius 1 is 1.19 bits per heavy atom. The van der Waals surface area contributed by atoms with Gasteiger partial charge in [0.05, 0.1) is 29.4 Å². The summed E-state index contributed by atoms with van der Waals surface area (Å²) in [5.74, 6) is 0.765. The fraction of sp³-hybridized carbons (Fsp3) is 0.458. The summed E-state index contributed by atoms with van der Waals surface area (Å²) in [5.41, 5.74) is 3.30. The monoisotopic (exact) mass is 436 g/mol. The molecule has 3 atom stereocenters. The third-order valence-electron chi connectivity index (χ3n) is 6.93. The lowest BCUT2D eigenvalue weighted by Crippen LogP contribution is -2.41. The van der Waals surface area contributed by atoms with Crippen molar-refractivity contribution in [1.82, 2.24) is 14.1 Å². The van der Waals surface area contributed by atoms with Crippen molar-refractivity contribution >= 4 is 22.8 Å². The van der Waals surface area contributed by atoms with Crippen LogP contribution in [0, 0.1) is 0 Å². The molecule has 5 rings (SSSR count). The topological polar surface area (TPSA) is 101 Å². The van der Waals surface area contributed by atoms with Gasteiger partial charge in [0, 0.05) is 29.9 Å². The summed E-state index contributed by atoms with van der Waals surface area (Å²) in [5, 5.41) is 20.1. The van der Waals surface area contributed by atoms with Crippen molar-refractivity contribution in [2.75, 3.05) is 4.90 Å². The van der Waals surface area contributed by atoms with Crippen LogP contribution in [0.2, 0.25) is 0 Å². The Morgan fingerprint density at radius 2 is 2.03 bits per heavy atom. The van der Waals surface area contributed by atoms with Crippen LogP contribution in [0.1, 0.15) is 56.5 Å². The summed E-state index contributed by atoms with van der Waals surface area (Å²) < 4.78 is 3.82. The number of aliphatic hydroxyl groups excluding tert-OH is 1. The van der Waals surface area contributed by atoms with E-state index in [1.807, 2.05) is 25.1 Å². The fourth-order valence-electron chi connectivity index (χ4n) is 5.37. The van der Waals surface area contributed by atoms with E-state index in [2.05, 4.69) is 4.57 Å². The van der Waals surface area contributed by atoms with Gasteiger partial charge in [0.15, 0.2) is 0 Å². The number of imidazole rings is 1. The van der Waals surface area contributed by atoms with Crippen molar-refractivity contribution in [3.8, 4) is 0 Å². The lowest BCUT2D eigenvalue weighted by molar-refractivity contribution is 0.104. The number of carboxylic acid groups (broad SMARTS) is 1. The van der Waals surface area contributed by atoms with Crippen LogP contribution in [-0.4, -0.2) is 42.6 Å². The first-order valence-electron chi connectivity index (χ1n) is 11.3. The first-order valence-corrected chi connectivity index (χ1v) is 11.3. The van der Waals surface area contributed by atoms with Crippen molar-refractivity contribution in [1.29, 1.82) is 0 Å². The number of rotatable bonds is 3. The average Bonchev–Trinajstić information content (AvgIpc) is 3.13. The molecule has 0 unspecified atom stereocenters. The molecule has 2 aliphatic rings. The molecule has 3 aromatic rings. The molecule has 2 aromatic heterocycles. The molecule has 2 N–H and O–H groups in total. The van der Waals surface area contributed by atoms with Crippen molar-refractivity contribution in [2.24, 2.45) is 0 Å². The number of aromatic nitrogens is 3. The van der Waals surface area contributed by atoms with Gasteiger partial charge in [-0.1, -0.05) is 6.07 Å². The molecule has 168 valence electrons. The molecular weight excluding hydrogens is 408 g/mol. The highest BCUT2D eigenvalue weighted by Crippen LogP contribution is 2.39. The number of benzene rings is 1. The second-order valence-electron chi connectivity index (χ2n) is 9.01. The number of fused-ring (bicyclic) bond motifs is 3. The van der Waals surface area contributed by atoms with E-state index >= 15 is 0 Å². The number of aliphatic hydroxyl groups is 1. The zero-order chi connectivity index (χ0) is 22.4. The van der Waals surface area contributed by atoms with Gasteiger partial charge in [0.2, 0.25) is 0 Å². The Hall–Kier alpha value is -3.13. The maximum Gasteiger partial charge on any atom is 0.412 e. The highest BCUT2D eigenvalue weighted by atomic mass is 16.4. The van der Waals surface area contributed by atoms with Gasteiger partial charge < -0.3 is 19.3 Å². The number of aryl methyl sites for hydroxylation is 1. The van der Waals surface area contributed by atoms with Crippen LogP contribution in [0.4, 0.5) is 10.5 Å². The van der Waals surface area contributed by atoms with Crippen molar-refractivity contribution in [2.45, 2.75) is 70.2 Å². The normalized spacial score (nSPS) is 23.3. The number of amides is 1. The number of anilines is 1. The highest BCUT2D eigenvalue weighted by Gasteiger charge is 2.32. The summed E-state index contributed by atoms with van der Waals surface area (Å²) in [7, 11) is 0. The molecule has 1 saturated carbocycles. The van der Waals surface area contributed by atoms with E-state index < -0.39 is 6.09 Å². The quantitative estimate of drug-likeness (QED) is 0.654. The highest BCUT2D eigenvalue weighted by molar-refractivity contribution is 5.94. The molecule has 8 heteroatoms. The average molecular weight is 437 g/mol. The Bertz CT molecular complexity index is 1230. The molecule has 1 aliphatic carbocycles. The zero-order valence-electron chi connectivity index (χ0n) is 18.1. The first-order chi connectivity index (χ1) is 15.4. The fourth-order valence-corrected chi connectivity index (χ4v) is 5.37. The molecule has 0 radical (unpaired) electrons. The second-order valence-corrected chi connectivity index (χ2v) is 9.01. The van der Waals surface area contributed by atoms with Crippen LogP contribution in [0.25, 0.3) is 11.0 Å². The predicted molar refractivity (Wildman–Crippen MR) is 121 cm³/mol. The number of carbonyl (C=O) groups is 1. The van der Waals surface area contributed by atoms with Gasteiger partial charge in [0.1, 0.15) is 5.82 Å². The zero-order valence-corrected chi connectivity index (χ0v) is 18.1. The molecule has 1 amide bonds. The van der Waals surface area contributed by atoms with E-state index in [0.29, 0.717) is 18.7 Å². The van der Waals surface area contributed by atoms with E-state index in [1.54, 1.807) is 16.8 Å². The van der Waals surface area contributed by atoms with Gasteiger partial charge in [-0.3, -0.25) is 9.69 Å². The minimum Gasteiger partial charge on any atom is -0.465 e. The number of pyridine rings is 1. The summed E-state index contributed by atoms with van der Waals surface area (Å²) in [6, 6.07) is 8.92. The largest absolute Gasteiger partial charge is 0.465 e. The van der Waals surface area contributed by atoms with Crippen LogP contribution >= 0.6 is 0 Å². The summed E-state index contributed by atoms with van der Waals surface area (Å²) in [4.78, 5) is 30.7. The van der Waals surface area contributed by atoms with Gasteiger partial charge in [-0.2, -0.15) is 0 Å². The smallest absolute Gasteiger partial charge is 0.412 e. The maximum absolute atomic E-state index is 12.4. The lowest BCUT2D eigenvalue weighted by atomic mass is 9.92. The van der Waals surface area contributed by atoms with Crippen LogP contribution in [-0.2, 0) is 13.0 Å². The summed E-state index contributed by atoms with van der Waals surface area (Å²) >= 11 is 0. The van der Waals surface area contributed by atoms with Gasteiger partial charge in [-0.05, 0) is 63.6 Å². The molecule has 0 bridgehead atoms. The minimum absolute atomic E-state index is 0.0876. The standard InChI is InChI=1S/C24H28N4O4/c1-15-8-9-18-19(27(15)24(31)32)10-11-20-23(18)25-21(14-26-12-3-2-7-22(26)30)28(20)16-5-4-6-17(29)13-16/h2-3,7,10-12,15-17,29H,4-6,8-9,13-14H2,1H3,(H,31,32)/t15-,16-,17+/m0/s1. The van der Waals surface area contributed by atoms with Gasteiger partial charge >= 0.3 is 6.09 Å². The molecule has 0 saturated heterocycles. The lowest BCUT2D eigenvalue weighted by Gasteiger charge is -2.33. The van der Waals surface area contributed by atoms with Crippen LogP contribution in [0.3, 0.4) is 0 Å². The third-order valence-corrected chi connectivity index (χ3v) is 6.93. The Balaban J connectivity index is 1.69. The number of hydrogen-bond donors (Lipinski definition) is 2. The van der Waals surface area contributed by atoms with Gasteiger partial charge in [0.25, 0.3) is 5.56 Å². The van der Waals surface area contributed by atoms with Gasteiger partial charge in [-0.15, -0.1) is 0 Å². The van der Waals surface area contributed by atoms with Crippen molar-refractivity contribution < 1.29 is 15.0 Å². The van der Waals surface area contributed by atoms with E-state index in [1.165, 1.54) is 11.0 Å². The first kappa shape index (κ1) is 20.8. The molecule has 0 spiro atoms. The van der Waals surface area contributed by atoms with E-state index in [0.717, 1.165) is 54.5 Å². The predicted octanol–water partition coefficient (Wildman–Crippen LogP) is 3.54. The molecular formula is C24H28N4O4. The Morgan fingerprint density at radius 3 is 2.78 bits per heavy atom. The Labute approximate surface area is 185 Å². The van der Waals surface area contributed by atoms with Crippen LogP contribution < -0.4 is 10.5 Å². The second kappa shape index (κ2) is 8.09. The Kier molecular flexibility index (Phi) is 5.25. The maximum atomic E-state index is 12.4. The van der Waals surface area contributed by atoms with E-state index in [4.69, 9.17) is 4.98 Å². The third kappa shape index (κ3) is 3.48. The number of hydrogen-bond acceptors (Lipinski definition) is 4. The van der Waals surface area contributed by atoms with Crippen molar-refractivity contribution in [3.63, 3.8) is 0 Å². The number of nitrogens with zero attached hydrogens (tertiary/aromatic N) is 4. The van der Waals surface area contributed by atoms with Crippen LogP contribution in [0.5, 0.6) is 0 Å². The molecule has 1 fully saturated rings. The van der Waals surface area contributed by atoms with Gasteiger partial charge in [-0.25, -0.2) is 9.78 Å². The summed E-state index contributed by atoms with van der Waals surface area (Å²) in [6.07, 6.45) is 5.27. The molecule has 32 heavy (non-hydrogen) atoms. The SMILES string of the molecule is C[C@H]1CCc2c(ccc3c2nc(Cn2ccccc2=O)n3[C@H]2CCC[C@@H](O)C2)N1C(=O)O. The minimum atomic E-state index is -0.955. The molecule has 8 nitrogen and oxygen atoms in total. The molecule has 3 heterocycles. The molecule has 1 aliphatic heterocycles. The van der Waals surface area contributed by atoms with Crippen LogP contribution in [0.15, 0.2) is 41.3 Å². The van der Waals surface area contributed by atoms with E-state index in [-0.39, 0.29) is 23.7 Å². The molecule has 1 aromatic carbocycles. The van der Waals surface area contributed by atoms with E-state index in [9.17, 15) is 19.8 Å². The summed E-state index contributed by atoms with van der Waals surface area (Å²) in [6.45, 7) is 2.26.